The van der Waals surface area contributed by atoms with E-state index in [4.69, 9.17) is 0 Å². The summed E-state index contributed by atoms with van der Waals surface area (Å²) in [6.45, 7) is 5.57. The highest BCUT2D eigenvalue weighted by atomic mass is 16.2. The van der Waals surface area contributed by atoms with Crippen molar-refractivity contribution in [1.82, 2.24) is 20.4 Å². The number of piperidine rings is 1. The summed E-state index contributed by atoms with van der Waals surface area (Å²) >= 11 is 0. The second kappa shape index (κ2) is 13.2. The zero-order valence-corrected chi connectivity index (χ0v) is 18.5. The fraction of sp³-hybridized carbons (Fsp3) is 0.652. The molecule has 29 heavy (non-hydrogen) atoms. The van der Waals surface area contributed by atoms with Crippen LogP contribution in [0.3, 0.4) is 0 Å². The number of guanidine groups is 1. The monoisotopic (exact) mass is 401 g/mol. The molecule has 1 fully saturated rings. The van der Waals surface area contributed by atoms with Crippen LogP contribution in [-0.2, 0) is 6.42 Å². The van der Waals surface area contributed by atoms with E-state index in [1.54, 1.807) is 19.0 Å². The fourth-order valence-corrected chi connectivity index (χ4v) is 3.69. The molecular formula is C23H39N5O. The first-order valence-electron chi connectivity index (χ1n) is 11.1. The van der Waals surface area contributed by atoms with E-state index in [1.807, 2.05) is 25.2 Å². The van der Waals surface area contributed by atoms with Crippen molar-refractivity contribution in [1.29, 1.82) is 0 Å². The number of benzene rings is 1. The van der Waals surface area contributed by atoms with Gasteiger partial charge in [0.25, 0.3) is 5.91 Å². The minimum atomic E-state index is 0.0394. The molecule has 0 radical (unpaired) electrons. The first kappa shape index (κ1) is 23.2. The molecule has 1 aliphatic heterocycles. The topological polar surface area (TPSA) is 60.0 Å². The van der Waals surface area contributed by atoms with Crippen LogP contribution in [0.2, 0.25) is 0 Å². The van der Waals surface area contributed by atoms with Crippen LogP contribution in [0.4, 0.5) is 0 Å². The van der Waals surface area contributed by atoms with Crippen LogP contribution in [0.1, 0.15) is 54.4 Å². The van der Waals surface area contributed by atoms with E-state index in [9.17, 15) is 4.79 Å². The Balaban J connectivity index is 1.59. The second-order valence-electron chi connectivity index (χ2n) is 8.04. The summed E-state index contributed by atoms with van der Waals surface area (Å²) in [5, 5.41) is 6.77. The first-order valence-corrected chi connectivity index (χ1v) is 11.1. The number of unbranched alkanes of at least 4 members (excludes halogenated alkanes) is 2. The molecule has 0 saturated carbocycles. The molecule has 2 N–H and O–H groups in total. The number of hydrogen-bond acceptors (Lipinski definition) is 3. The van der Waals surface area contributed by atoms with Gasteiger partial charge in [0.05, 0.1) is 0 Å². The smallest absolute Gasteiger partial charge is 0.253 e. The van der Waals surface area contributed by atoms with Gasteiger partial charge in [0.1, 0.15) is 0 Å². The maximum Gasteiger partial charge on any atom is 0.253 e. The Hall–Kier alpha value is -2.08. The molecule has 0 atom stereocenters. The van der Waals surface area contributed by atoms with E-state index < -0.39 is 0 Å². The molecular weight excluding hydrogens is 362 g/mol. The van der Waals surface area contributed by atoms with Crippen molar-refractivity contribution < 1.29 is 4.79 Å². The van der Waals surface area contributed by atoms with Crippen molar-refractivity contribution in [2.45, 2.75) is 44.9 Å². The molecule has 0 unspecified atom stereocenters. The quantitative estimate of drug-likeness (QED) is 0.360. The third kappa shape index (κ3) is 8.86. The van der Waals surface area contributed by atoms with E-state index >= 15 is 0 Å². The lowest BCUT2D eigenvalue weighted by molar-refractivity contribution is 0.0827. The van der Waals surface area contributed by atoms with E-state index in [1.165, 1.54) is 58.2 Å². The predicted molar refractivity (Wildman–Crippen MR) is 122 cm³/mol. The summed E-state index contributed by atoms with van der Waals surface area (Å²) in [6, 6.07) is 7.85. The fourth-order valence-electron chi connectivity index (χ4n) is 3.69. The lowest BCUT2D eigenvalue weighted by Crippen LogP contribution is -2.38. The van der Waals surface area contributed by atoms with Gasteiger partial charge in [-0.15, -0.1) is 0 Å². The number of nitrogens with one attached hydrogen (secondary N) is 2. The third-order valence-corrected chi connectivity index (χ3v) is 5.40. The van der Waals surface area contributed by atoms with Gasteiger partial charge in [0.2, 0.25) is 0 Å². The van der Waals surface area contributed by atoms with E-state index in [2.05, 4.69) is 26.6 Å². The standard InChI is InChI=1S/C23H39N5O/c1-24-23(25-14-6-4-7-16-28-17-8-5-9-18-28)26-15-13-20-11-10-12-21(19-20)22(29)27(2)3/h10-12,19H,4-9,13-18H2,1-3H3,(H2,24,25,26). The van der Waals surface area contributed by atoms with Gasteiger partial charge in [-0.2, -0.15) is 0 Å². The molecule has 6 nitrogen and oxygen atoms in total. The maximum absolute atomic E-state index is 12.1. The van der Waals surface area contributed by atoms with Gasteiger partial charge in [0, 0.05) is 39.8 Å². The summed E-state index contributed by atoms with van der Waals surface area (Å²) in [5.74, 6) is 0.888. The number of hydrogen-bond donors (Lipinski definition) is 2. The average molecular weight is 402 g/mol. The number of rotatable bonds is 10. The molecule has 2 rings (SSSR count). The first-order chi connectivity index (χ1) is 14.1. The largest absolute Gasteiger partial charge is 0.356 e. The Morgan fingerprint density at radius 1 is 1.07 bits per heavy atom. The molecule has 6 heteroatoms. The minimum absolute atomic E-state index is 0.0394. The number of likely N-dealkylation sites (tertiary alicyclic amines) is 1. The van der Waals surface area contributed by atoms with Gasteiger partial charge in [-0.1, -0.05) is 25.0 Å². The molecule has 1 heterocycles. The van der Waals surface area contributed by atoms with Crippen molar-refractivity contribution in [2.75, 3.05) is 53.9 Å². The number of aliphatic imine (C=N–C) groups is 1. The lowest BCUT2D eigenvalue weighted by atomic mass is 10.1. The van der Waals surface area contributed by atoms with Crippen LogP contribution in [-0.4, -0.2) is 75.5 Å². The molecule has 0 aliphatic carbocycles. The summed E-state index contributed by atoms with van der Waals surface area (Å²) in [5.41, 5.74) is 1.89. The van der Waals surface area contributed by atoms with E-state index in [-0.39, 0.29) is 5.91 Å². The molecule has 1 saturated heterocycles. The molecule has 1 aromatic rings. The van der Waals surface area contributed by atoms with Gasteiger partial charge in [-0.3, -0.25) is 9.79 Å². The summed E-state index contributed by atoms with van der Waals surface area (Å²) < 4.78 is 0. The van der Waals surface area contributed by atoms with Gasteiger partial charge in [-0.25, -0.2) is 0 Å². The van der Waals surface area contributed by atoms with Crippen molar-refractivity contribution in [3.63, 3.8) is 0 Å². The number of carbonyl (C=O) groups excluding carboxylic acids is 1. The van der Waals surface area contributed by atoms with Gasteiger partial charge < -0.3 is 20.4 Å². The highest BCUT2D eigenvalue weighted by Gasteiger charge is 2.09. The summed E-state index contributed by atoms with van der Waals surface area (Å²) in [6.07, 6.45) is 8.73. The third-order valence-electron chi connectivity index (χ3n) is 5.40. The van der Waals surface area contributed by atoms with Crippen molar-refractivity contribution in [3.05, 3.63) is 35.4 Å². The van der Waals surface area contributed by atoms with E-state index in [0.29, 0.717) is 0 Å². The molecule has 1 aromatic carbocycles. The van der Waals surface area contributed by atoms with Crippen LogP contribution >= 0.6 is 0 Å². The zero-order valence-electron chi connectivity index (χ0n) is 18.5. The van der Waals surface area contributed by atoms with Gasteiger partial charge in [0.15, 0.2) is 5.96 Å². The SMILES string of the molecule is CN=C(NCCCCCN1CCCCC1)NCCc1cccc(C(=O)N(C)C)c1. The predicted octanol–water partition coefficient (Wildman–Crippen LogP) is 2.75. The zero-order chi connectivity index (χ0) is 20.9. The normalized spacial score (nSPS) is 15.2. The van der Waals surface area contributed by atoms with Crippen molar-refractivity contribution >= 4 is 11.9 Å². The average Bonchev–Trinajstić information content (AvgIpc) is 2.75. The summed E-state index contributed by atoms with van der Waals surface area (Å²) in [4.78, 5) is 20.6. The van der Waals surface area contributed by atoms with Crippen LogP contribution in [0.25, 0.3) is 0 Å². The molecule has 162 valence electrons. The molecule has 0 aromatic heterocycles. The molecule has 0 bridgehead atoms. The summed E-state index contributed by atoms with van der Waals surface area (Å²) in [7, 11) is 5.36. The number of nitrogens with zero attached hydrogens (tertiary/aromatic N) is 3. The Bertz CT molecular complexity index is 638. The van der Waals surface area contributed by atoms with E-state index in [0.717, 1.165) is 36.6 Å². The Morgan fingerprint density at radius 3 is 2.55 bits per heavy atom. The van der Waals surface area contributed by atoms with Crippen molar-refractivity contribution in [2.24, 2.45) is 4.99 Å². The molecule has 0 spiro atoms. The maximum atomic E-state index is 12.1. The Labute approximate surface area is 176 Å². The van der Waals surface area contributed by atoms with Crippen LogP contribution in [0, 0.1) is 0 Å². The van der Waals surface area contributed by atoms with Crippen LogP contribution in [0.5, 0.6) is 0 Å². The Kier molecular flexibility index (Phi) is 10.6. The van der Waals surface area contributed by atoms with Crippen molar-refractivity contribution in [3.8, 4) is 0 Å². The molecule has 1 amide bonds. The van der Waals surface area contributed by atoms with Gasteiger partial charge >= 0.3 is 0 Å². The highest BCUT2D eigenvalue weighted by Crippen LogP contribution is 2.10. The van der Waals surface area contributed by atoms with Crippen LogP contribution in [0.15, 0.2) is 29.3 Å². The minimum Gasteiger partial charge on any atom is -0.356 e. The van der Waals surface area contributed by atoms with Crippen LogP contribution < -0.4 is 10.6 Å². The second-order valence-corrected chi connectivity index (χ2v) is 8.04. The lowest BCUT2D eigenvalue weighted by Gasteiger charge is -2.26. The Morgan fingerprint density at radius 2 is 1.83 bits per heavy atom. The van der Waals surface area contributed by atoms with Gasteiger partial charge in [-0.05, 0) is 69.4 Å². The number of carbonyl (C=O) groups is 1. The highest BCUT2D eigenvalue weighted by molar-refractivity contribution is 5.94. The molecule has 1 aliphatic rings. The number of amides is 1.